The molecule has 3 heterocycles. The van der Waals surface area contributed by atoms with Crippen molar-refractivity contribution in [3.05, 3.63) is 0 Å². The van der Waals surface area contributed by atoms with Crippen LogP contribution in [0.25, 0.3) is 0 Å². The minimum Gasteiger partial charge on any atom is -0.394 e. The number of rotatable bonds is 6. The van der Waals surface area contributed by atoms with Gasteiger partial charge in [0.2, 0.25) is 0 Å². The van der Waals surface area contributed by atoms with Gasteiger partial charge in [-0.1, -0.05) is 0 Å². The maximum absolute atomic E-state index is 10.5. The molecule has 3 fully saturated rings. The Hall–Kier alpha value is -0.600. The molecule has 3 aliphatic rings. The van der Waals surface area contributed by atoms with Gasteiger partial charge >= 0.3 is 0 Å². The van der Waals surface area contributed by atoms with Gasteiger partial charge in [-0.2, -0.15) is 0 Å². The highest BCUT2D eigenvalue weighted by Crippen LogP contribution is 2.32. The Balaban J connectivity index is 1.83. The van der Waals surface area contributed by atoms with Gasteiger partial charge in [0.15, 0.2) is 18.9 Å². The third-order valence-corrected chi connectivity index (χ3v) is 6.05. The maximum Gasteiger partial charge on any atom is 0.187 e. The summed E-state index contributed by atoms with van der Waals surface area (Å²) in [7, 11) is 0. The van der Waals surface area contributed by atoms with Crippen LogP contribution in [0, 0.1) is 0 Å². The monoisotopic (exact) mass is 488 g/mol. The smallest absolute Gasteiger partial charge is 0.187 e. The molecule has 15 heteroatoms. The van der Waals surface area contributed by atoms with Crippen molar-refractivity contribution in [2.75, 3.05) is 13.2 Å². The highest BCUT2D eigenvalue weighted by molar-refractivity contribution is 4.96. The third kappa shape index (κ3) is 5.32. The van der Waals surface area contributed by atoms with Gasteiger partial charge < -0.3 is 74.7 Å². The minimum atomic E-state index is -1.88. The van der Waals surface area contributed by atoms with E-state index < -0.39 is 105 Å². The second kappa shape index (κ2) is 11.0. The van der Waals surface area contributed by atoms with E-state index in [0.29, 0.717) is 0 Å². The number of aliphatic hydroxyl groups excluding tert-OH is 10. The lowest BCUT2D eigenvalue weighted by atomic mass is 9.96. The number of aliphatic hydroxyl groups is 10. The maximum atomic E-state index is 10.5. The summed E-state index contributed by atoms with van der Waals surface area (Å²) in [6.07, 6.45) is -24.0. The lowest BCUT2D eigenvalue weighted by Gasteiger charge is -2.48. The van der Waals surface area contributed by atoms with Gasteiger partial charge in [-0.05, 0) is 6.92 Å². The van der Waals surface area contributed by atoms with Gasteiger partial charge in [0.25, 0.3) is 0 Å². The normalized spacial score (nSPS) is 53.7. The molecule has 0 aromatic carbocycles. The fourth-order valence-electron chi connectivity index (χ4n) is 3.99. The van der Waals surface area contributed by atoms with E-state index in [4.69, 9.17) is 23.7 Å². The van der Waals surface area contributed by atoms with E-state index in [1.807, 2.05) is 0 Å². The van der Waals surface area contributed by atoms with Gasteiger partial charge in [0.1, 0.15) is 67.1 Å². The molecule has 33 heavy (non-hydrogen) atoms. The molecule has 15 atom stereocenters. The fraction of sp³-hybridized carbons (Fsp3) is 1.00. The Labute approximate surface area is 187 Å². The zero-order valence-electron chi connectivity index (χ0n) is 17.6. The molecule has 3 rings (SSSR count). The number of ether oxygens (including phenoxy) is 5. The van der Waals surface area contributed by atoms with Crippen molar-refractivity contribution in [3.8, 4) is 0 Å². The summed E-state index contributed by atoms with van der Waals surface area (Å²) >= 11 is 0. The van der Waals surface area contributed by atoms with E-state index in [2.05, 4.69) is 0 Å². The topological polar surface area (TPSA) is 248 Å². The second-order valence-corrected chi connectivity index (χ2v) is 8.32. The lowest BCUT2D eigenvalue weighted by Crippen LogP contribution is -2.66. The van der Waals surface area contributed by atoms with Crippen LogP contribution in [0.1, 0.15) is 6.92 Å². The van der Waals surface area contributed by atoms with Crippen LogP contribution in [-0.2, 0) is 23.7 Å². The predicted molar refractivity (Wildman–Crippen MR) is 99.8 cm³/mol. The van der Waals surface area contributed by atoms with Gasteiger partial charge in [-0.25, -0.2) is 0 Å². The highest BCUT2D eigenvalue weighted by atomic mass is 16.8. The van der Waals surface area contributed by atoms with E-state index in [1.54, 1.807) is 0 Å². The van der Waals surface area contributed by atoms with Crippen molar-refractivity contribution in [1.82, 2.24) is 0 Å². The quantitative estimate of drug-likeness (QED) is 0.167. The van der Waals surface area contributed by atoms with Gasteiger partial charge in [0.05, 0.1) is 19.3 Å². The molecule has 7 unspecified atom stereocenters. The molecule has 3 aliphatic heterocycles. The summed E-state index contributed by atoms with van der Waals surface area (Å²) < 4.78 is 26.9. The first-order chi connectivity index (χ1) is 15.5. The number of hydrogen-bond donors (Lipinski definition) is 10. The van der Waals surface area contributed by atoms with Gasteiger partial charge in [0, 0.05) is 0 Å². The van der Waals surface area contributed by atoms with Crippen molar-refractivity contribution >= 4 is 0 Å². The molecule has 0 aliphatic carbocycles. The van der Waals surface area contributed by atoms with Crippen LogP contribution in [-0.4, -0.2) is 156 Å². The van der Waals surface area contributed by atoms with Gasteiger partial charge in [-0.15, -0.1) is 0 Å². The summed E-state index contributed by atoms with van der Waals surface area (Å²) in [4.78, 5) is 0. The van der Waals surface area contributed by atoms with Crippen LogP contribution in [0.15, 0.2) is 0 Å². The van der Waals surface area contributed by atoms with Crippen molar-refractivity contribution in [1.29, 1.82) is 0 Å². The van der Waals surface area contributed by atoms with Gasteiger partial charge in [-0.3, -0.25) is 0 Å². The van der Waals surface area contributed by atoms with Crippen molar-refractivity contribution in [3.63, 3.8) is 0 Å². The summed E-state index contributed by atoms with van der Waals surface area (Å²) in [5.74, 6) is 0. The first-order valence-electron chi connectivity index (χ1n) is 10.4. The molecule has 194 valence electrons. The molecular weight excluding hydrogens is 456 g/mol. The molecular formula is C18H32O15. The molecule has 0 saturated carbocycles. The first kappa shape index (κ1) is 27.0. The van der Waals surface area contributed by atoms with Crippen LogP contribution < -0.4 is 0 Å². The molecule has 0 bridgehead atoms. The zero-order chi connectivity index (χ0) is 24.6. The average molecular weight is 488 g/mol. The van der Waals surface area contributed by atoms with Crippen LogP contribution in [0.5, 0.6) is 0 Å². The Morgan fingerprint density at radius 3 is 1.64 bits per heavy atom. The van der Waals surface area contributed by atoms with E-state index >= 15 is 0 Å². The molecule has 0 amide bonds. The molecule has 0 aromatic rings. The molecule has 0 spiro atoms. The summed E-state index contributed by atoms with van der Waals surface area (Å²) in [6.45, 7) is -0.127. The van der Waals surface area contributed by atoms with Crippen LogP contribution in [0.4, 0.5) is 0 Å². The molecule has 10 N–H and O–H groups in total. The van der Waals surface area contributed by atoms with Crippen LogP contribution in [0.3, 0.4) is 0 Å². The average Bonchev–Trinajstić information content (AvgIpc) is 2.80. The minimum absolute atomic E-state index is 0.739. The predicted octanol–water partition coefficient (Wildman–Crippen LogP) is -6.55. The summed E-state index contributed by atoms with van der Waals surface area (Å²) in [5.41, 5.74) is 0. The summed E-state index contributed by atoms with van der Waals surface area (Å²) in [6, 6.07) is 0. The number of hydrogen-bond acceptors (Lipinski definition) is 15. The molecule has 15 nitrogen and oxygen atoms in total. The third-order valence-electron chi connectivity index (χ3n) is 6.05. The van der Waals surface area contributed by atoms with Crippen molar-refractivity contribution < 1.29 is 74.7 Å². The van der Waals surface area contributed by atoms with Crippen molar-refractivity contribution in [2.24, 2.45) is 0 Å². The molecule has 0 aromatic heterocycles. The van der Waals surface area contributed by atoms with E-state index in [1.165, 1.54) is 6.92 Å². The second-order valence-electron chi connectivity index (χ2n) is 8.32. The summed E-state index contributed by atoms with van der Waals surface area (Å²) in [5, 5.41) is 99.8. The largest absolute Gasteiger partial charge is 0.394 e. The van der Waals surface area contributed by atoms with E-state index in [-0.39, 0.29) is 0 Å². The lowest BCUT2D eigenvalue weighted by molar-refractivity contribution is -0.382. The molecule has 3 saturated heterocycles. The Morgan fingerprint density at radius 1 is 0.545 bits per heavy atom. The Kier molecular flexibility index (Phi) is 8.99. The standard InChI is InChI=1S/C18H32O15/c1-4-7(21)9(23)11(25)17(29-4)33-15-13(27)16(28)30-6(3-20)14(15)32-18-12(26)10(24)8(22)5(2-19)31-18/h4-28H,2-3H2,1H3/t4?,5-,6?,7+,8-,9-,10?,11?,12?,13?,14+,15+,16?,17-,18-/m0/s1. The van der Waals surface area contributed by atoms with Crippen molar-refractivity contribution in [2.45, 2.75) is 99.0 Å². The van der Waals surface area contributed by atoms with Crippen LogP contribution in [0.2, 0.25) is 0 Å². The van der Waals surface area contributed by atoms with Crippen LogP contribution >= 0.6 is 0 Å². The molecule has 0 radical (unpaired) electrons. The highest BCUT2D eigenvalue weighted by Gasteiger charge is 2.53. The van der Waals surface area contributed by atoms with E-state index in [0.717, 1.165) is 0 Å². The Bertz CT molecular complexity index is 624. The first-order valence-corrected chi connectivity index (χ1v) is 10.4. The SMILES string of the molecule is CC1O[C@@H](O[C@@H]2C(O)C(O)OC(CO)[C@H]2O[C@@H]2O[C@@H](CO)[C@H](O)C(O)C2O)C(O)[C@@H](O)[C@@H]1O. The zero-order valence-corrected chi connectivity index (χ0v) is 17.6. The van der Waals surface area contributed by atoms with E-state index in [9.17, 15) is 51.1 Å². The Morgan fingerprint density at radius 2 is 1.06 bits per heavy atom. The fourth-order valence-corrected chi connectivity index (χ4v) is 3.99.